The zero-order chi connectivity index (χ0) is 14.2. The number of nitrogens with one attached hydrogen (secondary N) is 2. The number of pyridine rings is 1. The molecule has 5 nitrogen and oxygen atoms in total. The number of anilines is 1. The Labute approximate surface area is 125 Å². The van der Waals surface area contributed by atoms with Crippen LogP contribution in [0.25, 0.3) is 0 Å². The normalized spacial score (nSPS) is 14.1. The van der Waals surface area contributed by atoms with Crippen molar-refractivity contribution in [2.75, 3.05) is 4.72 Å². The van der Waals surface area contributed by atoms with E-state index in [0.717, 1.165) is 17.7 Å². The summed E-state index contributed by atoms with van der Waals surface area (Å²) in [6.07, 6.45) is 3.08. The second kappa shape index (κ2) is 5.16. The lowest BCUT2D eigenvalue weighted by molar-refractivity contribution is 0.601. The Hall–Kier alpha value is -1.44. The first-order chi connectivity index (χ1) is 9.56. The molecule has 3 rings (SSSR count). The maximum atomic E-state index is 12.4. The van der Waals surface area contributed by atoms with Crippen LogP contribution < -0.4 is 10.0 Å². The van der Waals surface area contributed by atoms with E-state index in [-0.39, 0.29) is 4.90 Å². The van der Waals surface area contributed by atoms with Crippen LogP contribution in [0.1, 0.15) is 11.1 Å². The molecule has 0 aliphatic carbocycles. The van der Waals surface area contributed by atoms with Crippen LogP contribution in [0.4, 0.5) is 5.69 Å². The Morgan fingerprint density at radius 1 is 1.20 bits per heavy atom. The molecule has 0 saturated carbocycles. The highest BCUT2D eigenvalue weighted by Crippen LogP contribution is 2.25. The average molecular weight is 354 g/mol. The monoisotopic (exact) mass is 353 g/mol. The minimum absolute atomic E-state index is 0.267. The van der Waals surface area contributed by atoms with Crippen LogP contribution in [-0.2, 0) is 23.1 Å². The number of rotatable bonds is 3. The fourth-order valence-electron chi connectivity index (χ4n) is 2.10. The second-order valence-electron chi connectivity index (χ2n) is 4.50. The van der Waals surface area contributed by atoms with Crippen molar-refractivity contribution in [3.05, 3.63) is 52.3 Å². The van der Waals surface area contributed by atoms with Crippen molar-refractivity contribution in [1.82, 2.24) is 10.3 Å². The highest BCUT2D eigenvalue weighted by atomic mass is 79.9. The van der Waals surface area contributed by atoms with E-state index in [4.69, 9.17) is 0 Å². The Kier molecular flexibility index (Phi) is 3.49. The zero-order valence-corrected chi connectivity index (χ0v) is 12.8. The third-order valence-electron chi connectivity index (χ3n) is 3.14. The standard InChI is InChI=1S/C13H12BrN3O2S/c14-12-8-15-4-3-13(12)17-20(18,19)11-2-1-9-6-16-7-10(9)5-11/h1-5,8,16H,6-7H2,(H,15,17). The van der Waals surface area contributed by atoms with E-state index in [2.05, 4.69) is 31.0 Å². The lowest BCUT2D eigenvalue weighted by Crippen LogP contribution is -2.13. The van der Waals surface area contributed by atoms with Crippen molar-refractivity contribution in [3.63, 3.8) is 0 Å². The maximum Gasteiger partial charge on any atom is 0.261 e. The molecule has 0 amide bonds. The van der Waals surface area contributed by atoms with Gasteiger partial charge in [0.2, 0.25) is 0 Å². The number of fused-ring (bicyclic) bond motifs is 1. The van der Waals surface area contributed by atoms with E-state index >= 15 is 0 Å². The van der Waals surface area contributed by atoms with Gasteiger partial charge < -0.3 is 5.32 Å². The van der Waals surface area contributed by atoms with Crippen LogP contribution in [-0.4, -0.2) is 13.4 Å². The first kappa shape index (κ1) is 13.5. The number of hydrogen-bond acceptors (Lipinski definition) is 4. The summed E-state index contributed by atoms with van der Waals surface area (Å²) in [5, 5.41) is 3.19. The van der Waals surface area contributed by atoms with E-state index in [0.29, 0.717) is 16.7 Å². The van der Waals surface area contributed by atoms with Gasteiger partial charge in [0.15, 0.2) is 0 Å². The summed E-state index contributed by atoms with van der Waals surface area (Å²) >= 11 is 3.27. The van der Waals surface area contributed by atoms with E-state index in [1.54, 1.807) is 24.4 Å². The van der Waals surface area contributed by atoms with Gasteiger partial charge in [-0.05, 0) is 45.3 Å². The fourth-order valence-corrected chi connectivity index (χ4v) is 3.71. The van der Waals surface area contributed by atoms with Crippen LogP contribution in [0.15, 0.2) is 46.0 Å². The van der Waals surface area contributed by atoms with E-state index in [1.807, 2.05) is 6.07 Å². The molecular weight excluding hydrogens is 342 g/mol. The lowest BCUT2D eigenvalue weighted by atomic mass is 10.1. The van der Waals surface area contributed by atoms with E-state index < -0.39 is 10.0 Å². The van der Waals surface area contributed by atoms with Gasteiger partial charge in [0.1, 0.15) is 0 Å². The number of aromatic nitrogens is 1. The molecule has 0 atom stereocenters. The molecule has 1 aliphatic heterocycles. The molecule has 1 aromatic heterocycles. The number of nitrogens with zero attached hydrogens (tertiary/aromatic N) is 1. The summed E-state index contributed by atoms with van der Waals surface area (Å²) < 4.78 is 27.9. The number of sulfonamides is 1. The molecule has 0 unspecified atom stereocenters. The minimum Gasteiger partial charge on any atom is -0.309 e. The first-order valence-electron chi connectivity index (χ1n) is 6.01. The molecule has 0 spiro atoms. The predicted octanol–water partition coefficient (Wildman–Crippen LogP) is 2.25. The smallest absolute Gasteiger partial charge is 0.261 e. The first-order valence-corrected chi connectivity index (χ1v) is 8.29. The van der Waals surface area contributed by atoms with Gasteiger partial charge in [-0.1, -0.05) is 6.07 Å². The van der Waals surface area contributed by atoms with Crippen molar-refractivity contribution in [1.29, 1.82) is 0 Å². The third kappa shape index (κ3) is 2.56. The van der Waals surface area contributed by atoms with E-state index in [1.165, 1.54) is 6.20 Å². The molecule has 2 N–H and O–H groups in total. The van der Waals surface area contributed by atoms with Gasteiger partial charge in [0, 0.05) is 25.5 Å². The number of halogens is 1. The lowest BCUT2D eigenvalue weighted by Gasteiger charge is -2.10. The fraction of sp³-hybridized carbons (Fsp3) is 0.154. The molecule has 0 fully saturated rings. The molecule has 2 aromatic rings. The van der Waals surface area contributed by atoms with Gasteiger partial charge in [-0.25, -0.2) is 8.42 Å². The van der Waals surface area contributed by atoms with Crippen LogP contribution in [0.3, 0.4) is 0 Å². The van der Waals surface area contributed by atoms with Crippen molar-refractivity contribution in [2.45, 2.75) is 18.0 Å². The highest BCUT2D eigenvalue weighted by molar-refractivity contribution is 9.10. The molecule has 2 heterocycles. The summed E-state index contributed by atoms with van der Waals surface area (Å²) in [6, 6.07) is 6.80. The second-order valence-corrected chi connectivity index (χ2v) is 7.03. The SMILES string of the molecule is O=S(=O)(Nc1ccncc1Br)c1ccc2c(c1)CNC2. The van der Waals surface area contributed by atoms with Crippen molar-refractivity contribution < 1.29 is 8.42 Å². The molecule has 1 aliphatic rings. The van der Waals surface area contributed by atoms with Crippen LogP contribution in [0.5, 0.6) is 0 Å². The van der Waals surface area contributed by atoms with Crippen molar-refractivity contribution in [3.8, 4) is 0 Å². The summed E-state index contributed by atoms with van der Waals surface area (Å²) in [5.74, 6) is 0. The Bertz CT molecular complexity index is 762. The molecule has 104 valence electrons. The largest absolute Gasteiger partial charge is 0.309 e. The Morgan fingerprint density at radius 3 is 2.80 bits per heavy atom. The quantitative estimate of drug-likeness (QED) is 0.887. The number of benzene rings is 1. The summed E-state index contributed by atoms with van der Waals surface area (Å²) in [5.41, 5.74) is 2.65. The van der Waals surface area contributed by atoms with Crippen molar-refractivity contribution in [2.24, 2.45) is 0 Å². The summed E-state index contributed by atoms with van der Waals surface area (Å²) in [7, 11) is -3.59. The molecule has 0 saturated heterocycles. The predicted molar refractivity (Wildman–Crippen MR) is 79.7 cm³/mol. The van der Waals surface area contributed by atoms with Gasteiger partial charge in [0.05, 0.1) is 15.1 Å². The topological polar surface area (TPSA) is 71.1 Å². The third-order valence-corrected chi connectivity index (χ3v) is 5.13. The average Bonchev–Trinajstić information content (AvgIpc) is 2.88. The van der Waals surface area contributed by atoms with Gasteiger partial charge >= 0.3 is 0 Å². The Morgan fingerprint density at radius 2 is 2.00 bits per heavy atom. The highest BCUT2D eigenvalue weighted by Gasteiger charge is 2.19. The molecule has 0 bridgehead atoms. The van der Waals surface area contributed by atoms with Crippen LogP contribution in [0.2, 0.25) is 0 Å². The number of hydrogen-bond donors (Lipinski definition) is 2. The minimum atomic E-state index is -3.59. The zero-order valence-electron chi connectivity index (χ0n) is 10.4. The van der Waals surface area contributed by atoms with Crippen LogP contribution >= 0.6 is 15.9 Å². The molecular formula is C13H12BrN3O2S. The van der Waals surface area contributed by atoms with Gasteiger partial charge in [-0.2, -0.15) is 0 Å². The van der Waals surface area contributed by atoms with Crippen molar-refractivity contribution >= 4 is 31.6 Å². The summed E-state index contributed by atoms with van der Waals surface area (Å²) in [4.78, 5) is 4.17. The Balaban J connectivity index is 1.94. The molecule has 7 heteroatoms. The van der Waals surface area contributed by atoms with E-state index in [9.17, 15) is 8.42 Å². The van der Waals surface area contributed by atoms with Gasteiger partial charge in [0.25, 0.3) is 10.0 Å². The molecule has 1 aromatic carbocycles. The molecule has 20 heavy (non-hydrogen) atoms. The van der Waals surface area contributed by atoms with Gasteiger partial charge in [-0.15, -0.1) is 0 Å². The van der Waals surface area contributed by atoms with Crippen LogP contribution in [0, 0.1) is 0 Å². The van der Waals surface area contributed by atoms with Gasteiger partial charge in [-0.3, -0.25) is 9.71 Å². The summed E-state index contributed by atoms with van der Waals surface area (Å²) in [6.45, 7) is 1.50. The maximum absolute atomic E-state index is 12.4. The molecule has 0 radical (unpaired) electrons.